The summed E-state index contributed by atoms with van der Waals surface area (Å²) in [6, 6.07) is 34.5. The minimum absolute atomic E-state index is 0.892. The first-order valence-corrected chi connectivity index (χ1v) is 19.2. The van der Waals surface area contributed by atoms with Crippen LogP contribution in [0.5, 0.6) is 0 Å². The number of hydrogen-bond acceptors (Lipinski definition) is 0. The maximum atomic E-state index is 2.56. The van der Waals surface area contributed by atoms with Crippen molar-refractivity contribution in [3.63, 3.8) is 0 Å². The van der Waals surface area contributed by atoms with Crippen LogP contribution in [-0.2, 0) is 0 Å². The van der Waals surface area contributed by atoms with Crippen LogP contribution in [0.3, 0.4) is 0 Å². The van der Waals surface area contributed by atoms with Gasteiger partial charge in [0.25, 0.3) is 0 Å². The molecule has 2 atom stereocenters. The molecule has 1 aliphatic carbocycles. The molecule has 1 aliphatic rings. The summed E-state index contributed by atoms with van der Waals surface area (Å²) in [6.07, 6.45) is 1.44. The van der Waals surface area contributed by atoms with Crippen molar-refractivity contribution in [2.24, 2.45) is 0 Å². The Bertz CT molecular complexity index is 756. The molecule has 0 heterocycles. The monoisotopic (exact) mass is 464 g/mol. The van der Waals surface area contributed by atoms with Crippen molar-refractivity contribution in [3.05, 3.63) is 91.0 Å². The second-order valence-electron chi connectivity index (χ2n) is 8.72. The van der Waals surface area contributed by atoms with Crippen molar-refractivity contribution in [1.82, 2.24) is 0 Å². The van der Waals surface area contributed by atoms with Gasteiger partial charge < -0.3 is 0 Å². The van der Waals surface area contributed by atoms with E-state index in [1.165, 1.54) is 6.42 Å². The summed E-state index contributed by atoms with van der Waals surface area (Å²) >= 11 is -3.04. The van der Waals surface area contributed by atoms with Gasteiger partial charge in [-0.05, 0) is 0 Å². The zero-order chi connectivity index (χ0) is 18.2. The molecule has 0 N–H and O–H groups in total. The molecule has 0 aromatic heterocycles. The number of rotatable bonds is 5. The van der Waals surface area contributed by atoms with Crippen molar-refractivity contribution in [2.75, 3.05) is 0 Å². The van der Waals surface area contributed by atoms with E-state index in [4.69, 9.17) is 0 Å². The van der Waals surface area contributed by atoms with E-state index in [0.717, 1.165) is 9.48 Å². The van der Waals surface area contributed by atoms with Gasteiger partial charge in [0.05, 0.1) is 0 Å². The third-order valence-electron chi connectivity index (χ3n) is 6.15. The van der Waals surface area contributed by atoms with Crippen LogP contribution in [0.4, 0.5) is 0 Å². The van der Waals surface area contributed by atoms with Gasteiger partial charge in [0.15, 0.2) is 0 Å². The summed E-state index contributed by atoms with van der Waals surface area (Å²) in [6.45, 7) is 7.69. The zero-order valence-electron chi connectivity index (χ0n) is 16.0. The molecule has 0 unspecified atom stereocenters. The van der Waals surface area contributed by atoms with Gasteiger partial charge in [0.2, 0.25) is 0 Å². The van der Waals surface area contributed by atoms with Crippen LogP contribution in [0.15, 0.2) is 91.0 Å². The summed E-state index contributed by atoms with van der Waals surface area (Å²) in [5, 5.41) is 0. The molecule has 0 saturated heterocycles. The molecule has 4 rings (SSSR count). The van der Waals surface area contributed by atoms with Gasteiger partial charge in [-0.15, -0.1) is 0 Å². The van der Waals surface area contributed by atoms with Gasteiger partial charge in [-0.1, -0.05) is 0 Å². The molecular formula is C24H28SiSn. The normalized spacial score (nSPS) is 20.0. The van der Waals surface area contributed by atoms with Gasteiger partial charge in [0, 0.05) is 0 Å². The fraction of sp³-hybridized carbons (Fsp3) is 0.250. The van der Waals surface area contributed by atoms with Crippen LogP contribution in [0.1, 0.15) is 6.42 Å². The van der Waals surface area contributed by atoms with Crippen molar-refractivity contribution in [3.8, 4) is 0 Å². The third kappa shape index (κ3) is 3.09. The van der Waals surface area contributed by atoms with Crippen molar-refractivity contribution < 1.29 is 0 Å². The maximum absolute atomic E-state index is 3.04. The molecule has 2 heteroatoms. The van der Waals surface area contributed by atoms with Crippen molar-refractivity contribution in [1.29, 1.82) is 0 Å². The van der Waals surface area contributed by atoms with E-state index in [1.807, 2.05) is 0 Å². The van der Waals surface area contributed by atoms with E-state index in [2.05, 4.69) is 111 Å². The summed E-state index contributed by atoms with van der Waals surface area (Å²) < 4.78 is 5.82. The molecule has 0 nitrogen and oxygen atoms in total. The van der Waals surface area contributed by atoms with Crippen molar-refractivity contribution >= 4 is 37.2 Å². The quantitative estimate of drug-likeness (QED) is 0.484. The Morgan fingerprint density at radius 2 is 0.962 bits per heavy atom. The predicted octanol–water partition coefficient (Wildman–Crippen LogP) is 4.64. The first-order chi connectivity index (χ1) is 12.5. The summed E-state index contributed by atoms with van der Waals surface area (Å²) in [7, 11) is -1.14. The Morgan fingerprint density at radius 1 is 0.615 bits per heavy atom. The van der Waals surface area contributed by atoms with E-state index in [1.54, 1.807) is 10.7 Å². The van der Waals surface area contributed by atoms with Crippen LogP contribution in [0.25, 0.3) is 0 Å². The van der Waals surface area contributed by atoms with Gasteiger partial charge in [-0.2, -0.15) is 0 Å². The summed E-state index contributed by atoms with van der Waals surface area (Å²) in [4.78, 5) is 0. The van der Waals surface area contributed by atoms with Crippen LogP contribution in [0.2, 0.25) is 29.1 Å². The van der Waals surface area contributed by atoms with Crippen LogP contribution < -0.4 is 10.7 Å². The van der Waals surface area contributed by atoms with E-state index < -0.39 is 26.5 Å². The summed E-state index contributed by atoms with van der Waals surface area (Å²) in [5.74, 6) is 0. The molecule has 0 radical (unpaired) electrons. The number of hydrogen-bond donors (Lipinski definition) is 0. The zero-order valence-corrected chi connectivity index (χ0v) is 19.9. The van der Waals surface area contributed by atoms with Gasteiger partial charge in [0.1, 0.15) is 0 Å². The molecule has 3 aromatic rings. The van der Waals surface area contributed by atoms with E-state index in [-0.39, 0.29) is 0 Å². The Kier molecular flexibility index (Phi) is 4.87. The minimum atomic E-state index is -3.04. The third-order valence-corrected chi connectivity index (χ3v) is 25.6. The van der Waals surface area contributed by atoms with Crippen LogP contribution >= 0.6 is 0 Å². The molecule has 1 saturated carbocycles. The second kappa shape index (κ2) is 7.01. The molecular weight excluding hydrogens is 435 g/mol. The van der Waals surface area contributed by atoms with Gasteiger partial charge >= 0.3 is 164 Å². The van der Waals surface area contributed by atoms with E-state index in [0.29, 0.717) is 0 Å². The molecule has 132 valence electrons. The SMILES string of the molecule is C[Si](C)(C)[C@H]1C[C@@H]1[Sn]([c]1ccccc1)([c]1ccccc1)[c]1ccccc1. The Balaban J connectivity index is 1.99. The topological polar surface area (TPSA) is 0 Å². The fourth-order valence-corrected chi connectivity index (χ4v) is 29.8. The fourth-order valence-electron chi connectivity index (χ4n) is 4.88. The van der Waals surface area contributed by atoms with Gasteiger partial charge in [-0.3, -0.25) is 0 Å². The second-order valence-corrected chi connectivity index (χ2v) is 25.9. The molecule has 26 heavy (non-hydrogen) atoms. The average Bonchev–Trinajstić information content (AvgIpc) is 3.47. The summed E-state index contributed by atoms with van der Waals surface area (Å²) in [5.41, 5.74) is 0.957. The molecule has 0 amide bonds. The van der Waals surface area contributed by atoms with Gasteiger partial charge in [-0.25, -0.2) is 0 Å². The molecule has 0 aliphatic heterocycles. The van der Waals surface area contributed by atoms with Crippen LogP contribution in [0, 0.1) is 0 Å². The van der Waals surface area contributed by atoms with Crippen LogP contribution in [-0.4, -0.2) is 26.5 Å². The standard InChI is InChI=1S/C6H13Si.3C6H5.Sn/c1-7(2,3)6-4-5-6;3*1-2-4-6-5-3-1;/h4,6H,5H2,1-3H3;3*1-5H;/t6-;;;;/m1..../s1. The predicted molar refractivity (Wildman–Crippen MR) is 119 cm³/mol. The first-order valence-electron chi connectivity index (χ1n) is 9.71. The van der Waals surface area contributed by atoms with E-state index >= 15 is 0 Å². The Hall–Kier alpha value is -1.32. The first kappa shape index (κ1) is 18.1. The average molecular weight is 463 g/mol. The number of benzene rings is 3. The molecule has 0 bridgehead atoms. The molecule has 0 spiro atoms. The Labute approximate surface area is 163 Å². The van der Waals surface area contributed by atoms with E-state index in [9.17, 15) is 0 Å². The molecule has 3 aromatic carbocycles. The molecule has 1 fully saturated rings. The van der Waals surface area contributed by atoms with Crippen molar-refractivity contribution in [2.45, 2.75) is 35.5 Å². The Morgan fingerprint density at radius 3 is 1.23 bits per heavy atom.